The number of Topliss-reactive ketones (excluding diaryl/α,β-unsaturated/α-hetero) is 1. The number of ether oxygens (including phenoxy) is 1. The van der Waals surface area contributed by atoms with Gasteiger partial charge in [-0.2, -0.15) is 0 Å². The zero-order valence-electron chi connectivity index (χ0n) is 10.1. The average molecular weight is 224 g/mol. The first-order valence-electron chi connectivity index (χ1n) is 5.93. The summed E-state index contributed by atoms with van der Waals surface area (Å²) in [5.74, 6) is 0.308. The molecule has 1 saturated carbocycles. The van der Waals surface area contributed by atoms with E-state index in [9.17, 15) is 9.59 Å². The van der Waals surface area contributed by atoms with Crippen molar-refractivity contribution in [2.24, 2.45) is 11.8 Å². The van der Waals surface area contributed by atoms with Gasteiger partial charge in [0.05, 0.1) is 7.11 Å². The summed E-state index contributed by atoms with van der Waals surface area (Å²) in [5, 5.41) is 0. The molecule has 0 aromatic heterocycles. The Kier molecular flexibility index (Phi) is 5.23. The molecule has 0 heterocycles. The summed E-state index contributed by atoms with van der Waals surface area (Å²) in [6.45, 7) is 2.07. The quantitative estimate of drug-likeness (QED) is 0.532. The monoisotopic (exact) mass is 224 g/mol. The zero-order valence-corrected chi connectivity index (χ0v) is 10.1. The van der Waals surface area contributed by atoms with Crippen LogP contribution >= 0.6 is 0 Å². The lowest BCUT2D eigenvalue weighted by atomic mass is 9.89. The second-order valence-corrected chi connectivity index (χ2v) is 4.27. The van der Waals surface area contributed by atoms with Crippen LogP contribution in [0.1, 0.15) is 39.0 Å². The minimum absolute atomic E-state index is 0.0295. The Balaban J connectivity index is 2.52. The lowest BCUT2D eigenvalue weighted by molar-refractivity contribution is -0.142. The molecule has 90 valence electrons. The number of esters is 1. The summed E-state index contributed by atoms with van der Waals surface area (Å²) >= 11 is 0. The number of carbonyl (C=O) groups excluding carboxylic acids is 2. The third-order valence-electron chi connectivity index (χ3n) is 3.19. The highest BCUT2D eigenvalue weighted by Crippen LogP contribution is 2.34. The minimum Gasteiger partial charge on any atom is -0.469 e. The van der Waals surface area contributed by atoms with E-state index in [2.05, 4.69) is 23.8 Å². The summed E-state index contributed by atoms with van der Waals surface area (Å²) in [6, 6.07) is 0. The van der Waals surface area contributed by atoms with Gasteiger partial charge in [0.2, 0.25) is 0 Å². The van der Waals surface area contributed by atoms with Gasteiger partial charge < -0.3 is 4.74 Å². The minimum atomic E-state index is -0.204. The van der Waals surface area contributed by atoms with E-state index in [1.165, 1.54) is 7.11 Å². The number of carbonyl (C=O) groups is 2. The highest BCUT2D eigenvalue weighted by Gasteiger charge is 2.34. The van der Waals surface area contributed by atoms with Gasteiger partial charge in [0.1, 0.15) is 5.78 Å². The maximum Gasteiger partial charge on any atom is 0.305 e. The lowest BCUT2D eigenvalue weighted by Gasteiger charge is -2.15. The van der Waals surface area contributed by atoms with Crippen molar-refractivity contribution in [1.29, 1.82) is 0 Å². The van der Waals surface area contributed by atoms with Crippen LogP contribution in [0.3, 0.4) is 0 Å². The van der Waals surface area contributed by atoms with Gasteiger partial charge in [-0.05, 0) is 25.2 Å². The third kappa shape index (κ3) is 3.47. The molecule has 0 saturated heterocycles. The number of allylic oxidation sites excluding steroid dienone is 2. The SMILES string of the molecule is CC/C=C\CC1C(=O)CC[C@H]1CC(=O)OC. The lowest BCUT2D eigenvalue weighted by Crippen LogP contribution is -2.18. The second-order valence-electron chi connectivity index (χ2n) is 4.27. The van der Waals surface area contributed by atoms with Crippen LogP contribution in [0.15, 0.2) is 12.2 Å². The molecule has 0 N–H and O–H groups in total. The first-order valence-corrected chi connectivity index (χ1v) is 5.93. The van der Waals surface area contributed by atoms with Crippen molar-refractivity contribution >= 4 is 11.8 Å². The van der Waals surface area contributed by atoms with Crippen LogP contribution in [0.25, 0.3) is 0 Å². The predicted molar refractivity (Wildman–Crippen MR) is 61.9 cm³/mol. The van der Waals surface area contributed by atoms with Gasteiger partial charge in [-0.3, -0.25) is 9.59 Å². The average Bonchev–Trinajstić information content (AvgIpc) is 2.61. The molecule has 0 aromatic carbocycles. The molecule has 1 fully saturated rings. The predicted octanol–water partition coefficient (Wildman–Crippen LogP) is 2.50. The van der Waals surface area contributed by atoms with E-state index in [1.54, 1.807) is 0 Å². The van der Waals surface area contributed by atoms with Crippen LogP contribution in [0, 0.1) is 11.8 Å². The molecule has 0 aliphatic heterocycles. The van der Waals surface area contributed by atoms with Gasteiger partial charge >= 0.3 is 5.97 Å². The molecule has 1 unspecified atom stereocenters. The molecule has 0 bridgehead atoms. The van der Waals surface area contributed by atoms with Gasteiger partial charge in [-0.15, -0.1) is 0 Å². The Morgan fingerprint density at radius 1 is 1.50 bits per heavy atom. The molecule has 3 nitrogen and oxygen atoms in total. The number of hydrogen-bond acceptors (Lipinski definition) is 3. The van der Waals surface area contributed by atoms with Crippen LogP contribution in [0.5, 0.6) is 0 Å². The van der Waals surface area contributed by atoms with Crippen molar-refractivity contribution < 1.29 is 14.3 Å². The molecule has 16 heavy (non-hydrogen) atoms. The standard InChI is InChI=1S/C13H20O3/c1-3-4-5-6-11-10(7-8-12(11)14)9-13(15)16-2/h4-5,10-11H,3,6-9H2,1-2H3/b5-4-/t10-,11?/m0/s1. The number of ketones is 1. The maximum atomic E-state index is 11.7. The van der Waals surface area contributed by atoms with Gasteiger partial charge in [0.15, 0.2) is 0 Å². The van der Waals surface area contributed by atoms with Crippen molar-refractivity contribution in [1.82, 2.24) is 0 Å². The molecular formula is C13H20O3. The van der Waals surface area contributed by atoms with Gasteiger partial charge in [-0.25, -0.2) is 0 Å². The molecule has 0 amide bonds. The van der Waals surface area contributed by atoms with Gasteiger partial charge in [-0.1, -0.05) is 19.1 Å². The Morgan fingerprint density at radius 2 is 2.25 bits per heavy atom. The highest BCUT2D eigenvalue weighted by atomic mass is 16.5. The highest BCUT2D eigenvalue weighted by molar-refractivity contribution is 5.84. The normalized spacial score (nSPS) is 25.2. The summed E-state index contributed by atoms with van der Waals surface area (Å²) in [7, 11) is 1.39. The second kappa shape index (κ2) is 6.46. The third-order valence-corrected chi connectivity index (χ3v) is 3.19. The van der Waals surface area contributed by atoms with Crippen molar-refractivity contribution in [2.75, 3.05) is 7.11 Å². The maximum absolute atomic E-state index is 11.7. The Labute approximate surface area is 96.9 Å². The topological polar surface area (TPSA) is 43.4 Å². The Bertz CT molecular complexity index is 281. The number of rotatable bonds is 5. The summed E-state index contributed by atoms with van der Waals surface area (Å²) in [5.41, 5.74) is 0. The zero-order chi connectivity index (χ0) is 12.0. The van der Waals surface area contributed by atoms with E-state index in [4.69, 9.17) is 0 Å². The molecule has 0 spiro atoms. The van der Waals surface area contributed by atoms with E-state index in [0.29, 0.717) is 18.6 Å². The van der Waals surface area contributed by atoms with Crippen LogP contribution in [-0.4, -0.2) is 18.9 Å². The van der Waals surface area contributed by atoms with E-state index >= 15 is 0 Å². The largest absolute Gasteiger partial charge is 0.469 e. The summed E-state index contributed by atoms with van der Waals surface area (Å²) in [4.78, 5) is 22.9. The van der Waals surface area contributed by atoms with E-state index in [0.717, 1.165) is 19.3 Å². The van der Waals surface area contributed by atoms with Crippen LogP contribution in [0.2, 0.25) is 0 Å². The smallest absolute Gasteiger partial charge is 0.305 e. The van der Waals surface area contributed by atoms with E-state index in [-0.39, 0.29) is 17.8 Å². The first-order chi connectivity index (χ1) is 7.69. The van der Waals surface area contributed by atoms with Gasteiger partial charge in [0.25, 0.3) is 0 Å². The number of hydrogen-bond donors (Lipinski definition) is 0. The molecule has 0 aromatic rings. The summed E-state index contributed by atoms with van der Waals surface area (Å²) < 4.78 is 4.65. The molecule has 1 rings (SSSR count). The summed E-state index contributed by atoms with van der Waals surface area (Å²) in [6.07, 6.45) is 7.72. The van der Waals surface area contributed by atoms with Crippen molar-refractivity contribution in [3.63, 3.8) is 0 Å². The van der Waals surface area contributed by atoms with E-state index in [1.807, 2.05) is 0 Å². The van der Waals surface area contributed by atoms with Crippen molar-refractivity contribution in [2.45, 2.75) is 39.0 Å². The van der Waals surface area contributed by atoms with Crippen molar-refractivity contribution in [3.8, 4) is 0 Å². The fourth-order valence-corrected chi connectivity index (χ4v) is 2.25. The van der Waals surface area contributed by atoms with Crippen LogP contribution < -0.4 is 0 Å². The Hall–Kier alpha value is -1.12. The van der Waals surface area contributed by atoms with Gasteiger partial charge in [0, 0.05) is 18.8 Å². The first kappa shape index (κ1) is 12.9. The van der Waals surface area contributed by atoms with E-state index < -0.39 is 0 Å². The number of methoxy groups -OCH3 is 1. The molecular weight excluding hydrogens is 204 g/mol. The molecule has 2 atom stereocenters. The van der Waals surface area contributed by atoms with Crippen molar-refractivity contribution in [3.05, 3.63) is 12.2 Å². The molecule has 1 aliphatic rings. The fraction of sp³-hybridized carbons (Fsp3) is 0.692. The molecule has 0 radical (unpaired) electrons. The Morgan fingerprint density at radius 3 is 2.88 bits per heavy atom. The molecule has 1 aliphatic carbocycles. The molecule has 3 heteroatoms. The fourth-order valence-electron chi connectivity index (χ4n) is 2.25. The van der Waals surface area contributed by atoms with Crippen LogP contribution in [-0.2, 0) is 14.3 Å². The van der Waals surface area contributed by atoms with Crippen LogP contribution in [0.4, 0.5) is 0 Å².